The lowest BCUT2D eigenvalue weighted by molar-refractivity contribution is 0.817. The number of nitrogens with one attached hydrogen (secondary N) is 1. The van der Waals surface area contributed by atoms with Crippen molar-refractivity contribution in [1.82, 2.24) is 5.43 Å². The topological polar surface area (TPSA) is 50.4 Å². The highest BCUT2D eigenvalue weighted by Gasteiger charge is 2.13. The van der Waals surface area contributed by atoms with Crippen LogP contribution in [-0.4, -0.2) is 19.8 Å². The van der Waals surface area contributed by atoms with Crippen LogP contribution in [0.15, 0.2) is 53.6 Å². The molecule has 144 valence electrons. The highest BCUT2D eigenvalue weighted by atomic mass is 15.3. The largest absolute Gasteiger partial charge is 0.330 e. The molecule has 3 heteroatoms. The van der Waals surface area contributed by atoms with Crippen molar-refractivity contribution in [3.05, 3.63) is 70.8 Å². The molecule has 0 saturated carbocycles. The Balaban J connectivity index is 0.00000146. The molecule has 2 aromatic carbocycles. The highest BCUT2D eigenvalue weighted by Crippen LogP contribution is 2.25. The number of rotatable bonds is 6. The number of benzene rings is 2. The molecule has 2 aromatic rings. The molecule has 0 radical (unpaired) electrons. The Kier molecular flexibility index (Phi) is 12.9. The quantitative estimate of drug-likeness (QED) is 0.535. The Morgan fingerprint density at radius 3 is 1.73 bits per heavy atom. The van der Waals surface area contributed by atoms with Gasteiger partial charge in [0, 0.05) is 31.6 Å². The van der Waals surface area contributed by atoms with Crippen LogP contribution in [-0.2, 0) is 0 Å². The van der Waals surface area contributed by atoms with Gasteiger partial charge in [-0.2, -0.15) is 5.10 Å². The van der Waals surface area contributed by atoms with Crippen LogP contribution in [0.2, 0.25) is 0 Å². The van der Waals surface area contributed by atoms with Gasteiger partial charge in [-0.3, -0.25) is 0 Å². The summed E-state index contributed by atoms with van der Waals surface area (Å²) in [5, 5.41) is 4.08. The second-order valence-electron chi connectivity index (χ2n) is 5.66. The van der Waals surface area contributed by atoms with Crippen molar-refractivity contribution in [2.75, 3.05) is 13.6 Å². The summed E-state index contributed by atoms with van der Waals surface area (Å²) in [6.45, 7) is 12.8. The van der Waals surface area contributed by atoms with E-state index < -0.39 is 0 Å². The third-order valence-electron chi connectivity index (χ3n) is 4.01. The van der Waals surface area contributed by atoms with E-state index in [1.165, 1.54) is 22.3 Å². The third-order valence-corrected chi connectivity index (χ3v) is 4.01. The minimum atomic E-state index is 0.246. The summed E-state index contributed by atoms with van der Waals surface area (Å²) in [6.07, 6.45) is 1.91. The van der Waals surface area contributed by atoms with Crippen LogP contribution in [0.5, 0.6) is 0 Å². The monoisotopic (exact) mass is 355 g/mol. The van der Waals surface area contributed by atoms with Gasteiger partial charge in [0.1, 0.15) is 0 Å². The predicted octanol–water partition coefficient (Wildman–Crippen LogP) is 5.45. The molecule has 0 heterocycles. The van der Waals surface area contributed by atoms with E-state index >= 15 is 0 Å². The first-order chi connectivity index (χ1) is 12.7. The van der Waals surface area contributed by atoms with Gasteiger partial charge in [-0.05, 0) is 23.6 Å². The zero-order chi connectivity index (χ0) is 19.9. The maximum Gasteiger partial charge on any atom is 0.0314 e. The van der Waals surface area contributed by atoms with E-state index in [9.17, 15) is 0 Å². The number of hydrogen-bond donors (Lipinski definition) is 2. The van der Waals surface area contributed by atoms with Crippen molar-refractivity contribution in [2.45, 2.75) is 53.4 Å². The summed E-state index contributed by atoms with van der Waals surface area (Å²) in [4.78, 5) is 0. The Bertz CT molecular complexity index is 600. The molecule has 0 amide bonds. The predicted molar refractivity (Wildman–Crippen MR) is 117 cm³/mol. The Morgan fingerprint density at radius 2 is 1.31 bits per heavy atom. The molecule has 1 unspecified atom stereocenters. The Morgan fingerprint density at radius 1 is 0.885 bits per heavy atom. The van der Waals surface area contributed by atoms with Crippen molar-refractivity contribution in [2.24, 2.45) is 10.8 Å². The molecule has 3 nitrogen and oxygen atoms in total. The van der Waals surface area contributed by atoms with Gasteiger partial charge >= 0.3 is 0 Å². The first kappa shape index (κ1) is 23.9. The maximum absolute atomic E-state index is 6.01. The summed E-state index contributed by atoms with van der Waals surface area (Å²) in [6, 6.07) is 17.3. The van der Waals surface area contributed by atoms with Crippen LogP contribution >= 0.6 is 0 Å². The third kappa shape index (κ3) is 7.40. The van der Waals surface area contributed by atoms with E-state index in [-0.39, 0.29) is 11.8 Å². The summed E-state index contributed by atoms with van der Waals surface area (Å²) in [5.74, 6) is 0.535. The van der Waals surface area contributed by atoms with Gasteiger partial charge in [-0.1, -0.05) is 88.7 Å². The zero-order valence-electron chi connectivity index (χ0n) is 17.6. The standard InChI is InChI=1S/C19H25N3.2C2H6/c1-14-4-6-17(7-5-14)19(12-20)18-10-8-16(9-11-18)15(2)13-22-21-3;2*1-2/h4-11,13,15,19,21H,12,20H2,1-3H3;2*1-2H3/b22-13-;;/t15?,19-;;/m0../s1. The SMILES string of the molecule is CC.CC.CN/N=C\C(C)c1ccc([C@@H](CN)c2ccc(C)cc2)cc1. The summed E-state index contributed by atoms with van der Waals surface area (Å²) in [7, 11) is 1.81. The average Bonchev–Trinajstić information content (AvgIpc) is 2.71. The normalized spacial score (nSPS) is 12.3. The summed E-state index contributed by atoms with van der Waals surface area (Å²) in [5.41, 5.74) is 13.8. The fraction of sp³-hybridized carbons (Fsp3) is 0.435. The van der Waals surface area contributed by atoms with Gasteiger partial charge in [0.15, 0.2) is 0 Å². The Labute approximate surface area is 160 Å². The van der Waals surface area contributed by atoms with Crippen molar-refractivity contribution in [1.29, 1.82) is 0 Å². The van der Waals surface area contributed by atoms with Gasteiger partial charge in [0.05, 0.1) is 0 Å². The van der Waals surface area contributed by atoms with Crippen LogP contribution in [0.1, 0.15) is 68.7 Å². The summed E-state index contributed by atoms with van der Waals surface area (Å²) < 4.78 is 0. The molecule has 2 atom stereocenters. The molecule has 0 saturated heterocycles. The number of hydrogen-bond acceptors (Lipinski definition) is 3. The molecule has 0 bridgehead atoms. The van der Waals surface area contributed by atoms with E-state index in [1.807, 2.05) is 33.9 Å². The second-order valence-corrected chi connectivity index (χ2v) is 5.66. The van der Waals surface area contributed by atoms with Gasteiger partial charge in [-0.15, -0.1) is 0 Å². The van der Waals surface area contributed by atoms with Crippen molar-refractivity contribution < 1.29 is 0 Å². The fourth-order valence-electron chi connectivity index (χ4n) is 2.57. The van der Waals surface area contributed by atoms with Crippen LogP contribution in [0, 0.1) is 6.92 Å². The number of aryl methyl sites for hydroxylation is 1. The molecule has 0 aliphatic heterocycles. The minimum absolute atomic E-state index is 0.246. The molecule has 0 aliphatic rings. The molecular formula is C23H37N3. The molecule has 2 rings (SSSR count). The number of nitrogens with two attached hydrogens (primary N) is 1. The fourth-order valence-corrected chi connectivity index (χ4v) is 2.57. The molecule has 26 heavy (non-hydrogen) atoms. The molecule has 0 aliphatic carbocycles. The van der Waals surface area contributed by atoms with Gasteiger partial charge < -0.3 is 11.2 Å². The van der Waals surface area contributed by atoms with Crippen LogP contribution in [0.25, 0.3) is 0 Å². The second kappa shape index (κ2) is 14.1. The van der Waals surface area contributed by atoms with Crippen LogP contribution in [0.4, 0.5) is 0 Å². The van der Waals surface area contributed by atoms with E-state index in [4.69, 9.17) is 5.73 Å². The van der Waals surface area contributed by atoms with E-state index in [0.717, 1.165) is 0 Å². The summed E-state index contributed by atoms with van der Waals surface area (Å²) >= 11 is 0. The minimum Gasteiger partial charge on any atom is -0.330 e. The van der Waals surface area contributed by atoms with E-state index in [1.54, 1.807) is 7.05 Å². The van der Waals surface area contributed by atoms with Gasteiger partial charge in [0.25, 0.3) is 0 Å². The zero-order valence-corrected chi connectivity index (χ0v) is 17.6. The number of hydrazone groups is 1. The van der Waals surface area contributed by atoms with E-state index in [2.05, 4.69) is 72.9 Å². The molecule has 0 fully saturated rings. The van der Waals surface area contributed by atoms with Crippen molar-refractivity contribution in [3.63, 3.8) is 0 Å². The molecule has 0 aromatic heterocycles. The highest BCUT2D eigenvalue weighted by molar-refractivity contribution is 5.67. The van der Waals surface area contributed by atoms with Gasteiger partial charge in [-0.25, -0.2) is 0 Å². The smallest absolute Gasteiger partial charge is 0.0314 e. The molecule has 3 N–H and O–H groups in total. The average molecular weight is 356 g/mol. The van der Waals surface area contributed by atoms with Crippen LogP contribution in [0.3, 0.4) is 0 Å². The lowest BCUT2D eigenvalue weighted by atomic mass is 9.89. The van der Waals surface area contributed by atoms with Crippen LogP contribution < -0.4 is 11.2 Å². The first-order valence-electron chi connectivity index (χ1n) is 9.72. The van der Waals surface area contributed by atoms with Crippen molar-refractivity contribution in [3.8, 4) is 0 Å². The first-order valence-corrected chi connectivity index (χ1v) is 9.72. The molecular weight excluding hydrogens is 318 g/mol. The lowest BCUT2D eigenvalue weighted by Gasteiger charge is -2.17. The van der Waals surface area contributed by atoms with Crippen molar-refractivity contribution >= 4 is 6.21 Å². The number of nitrogens with zero attached hydrogens (tertiary/aromatic N) is 1. The van der Waals surface area contributed by atoms with Gasteiger partial charge in [0.2, 0.25) is 0 Å². The maximum atomic E-state index is 6.01. The molecule has 0 spiro atoms. The van der Waals surface area contributed by atoms with E-state index in [0.29, 0.717) is 6.54 Å². The lowest BCUT2D eigenvalue weighted by Crippen LogP contribution is -2.14. The Hall–Kier alpha value is -2.13.